The molecule has 0 saturated carbocycles. The molecule has 0 radical (unpaired) electrons. The van der Waals surface area contributed by atoms with Crippen molar-refractivity contribution in [2.24, 2.45) is 0 Å². The molecule has 0 N–H and O–H groups in total. The number of rotatable bonds is 3. The number of furan rings is 1. The molecule has 158 valence electrons. The molecule has 31 heavy (non-hydrogen) atoms. The molecule has 0 atom stereocenters. The van der Waals surface area contributed by atoms with Gasteiger partial charge in [-0.2, -0.15) is 4.98 Å². The number of fused-ring (bicyclic) bond motifs is 1. The summed E-state index contributed by atoms with van der Waals surface area (Å²) in [6, 6.07) is 14.1. The minimum atomic E-state index is -0.0457. The van der Waals surface area contributed by atoms with Crippen molar-refractivity contribution in [2.45, 2.75) is 39.5 Å². The van der Waals surface area contributed by atoms with Crippen molar-refractivity contribution in [3.63, 3.8) is 0 Å². The van der Waals surface area contributed by atoms with Crippen molar-refractivity contribution in [3.05, 3.63) is 70.8 Å². The topological polar surface area (TPSA) is 72.4 Å². The average Bonchev–Trinajstić information content (AvgIpc) is 3.39. The maximum Gasteiger partial charge on any atom is 0.289 e. The molecule has 1 aliphatic heterocycles. The molecule has 1 amide bonds. The summed E-state index contributed by atoms with van der Waals surface area (Å²) >= 11 is 0. The SMILES string of the molecule is Cc1ccc(-c2noc(C3CCN(C(=O)c4oc5cc(C)ccc5c4C)CC3)n2)cc1. The van der Waals surface area contributed by atoms with Crippen LogP contribution in [0, 0.1) is 20.8 Å². The van der Waals surface area contributed by atoms with Crippen LogP contribution in [0.4, 0.5) is 0 Å². The Morgan fingerprint density at radius 1 is 1.00 bits per heavy atom. The number of hydrogen-bond acceptors (Lipinski definition) is 5. The minimum absolute atomic E-state index is 0.0457. The molecule has 2 aromatic carbocycles. The number of aromatic nitrogens is 2. The zero-order chi connectivity index (χ0) is 21.5. The van der Waals surface area contributed by atoms with E-state index in [1.54, 1.807) is 0 Å². The summed E-state index contributed by atoms with van der Waals surface area (Å²) in [7, 11) is 0. The monoisotopic (exact) mass is 415 g/mol. The van der Waals surface area contributed by atoms with Crippen LogP contribution in [0.2, 0.25) is 0 Å². The highest BCUT2D eigenvalue weighted by Gasteiger charge is 2.30. The van der Waals surface area contributed by atoms with Crippen molar-refractivity contribution in [2.75, 3.05) is 13.1 Å². The summed E-state index contributed by atoms with van der Waals surface area (Å²) in [5, 5.41) is 5.15. The van der Waals surface area contributed by atoms with Crippen molar-refractivity contribution >= 4 is 16.9 Å². The second-order valence-electron chi connectivity index (χ2n) is 8.44. The van der Waals surface area contributed by atoms with Gasteiger partial charge in [-0.1, -0.05) is 47.1 Å². The van der Waals surface area contributed by atoms with E-state index in [9.17, 15) is 4.79 Å². The Labute approximate surface area is 180 Å². The molecule has 6 heteroatoms. The molecule has 0 unspecified atom stereocenters. The Hall–Kier alpha value is -3.41. The fourth-order valence-electron chi connectivity index (χ4n) is 4.23. The van der Waals surface area contributed by atoms with Crippen molar-refractivity contribution in [1.29, 1.82) is 0 Å². The van der Waals surface area contributed by atoms with Crippen LogP contribution in [0.15, 0.2) is 51.4 Å². The van der Waals surface area contributed by atoms with Gasteiger partial charge in [-0.3, -0.25) is 4.79 Å². The maximum atomic E-state index is 13.1. The van der Waals surface area contributed by atoms with Gasteiger partial charge in [0, 0.05) is 35.5 Å². The summed E-state index contributed by atoms with van der Waals surface area (Å²) in [5.74, 6) is 1.82. The summed E-state index contributed by atoms with van der Waals surface area (Å²) in [6.07, 6.45) is 1.58. The Kier molecular flexibility index (Phi) is 4.85. The number of aryl methyl sites for hydroxylation is 3. The van der Waals surface area contributed by atoms with Crippen LogP contribution < -0.4 is 0 Å². The lowest BCUT2D eigenvalue weighted by atomic mass is 9.96. The highest BCUT2D eigenvalue weighted by Crippen LogP contribution is 2.31. The smallest absolute Gasteiger partial charge is 0.289 e. The summed E-state index contributed by atoms with van der Waals surface area (Å²) in [5.41, 5.74) is 4.93. The van der Waals surface area contributed by atoms with Crippen LogP contribution in [-0.4, -0.2) is 34.0 Å². The first-order valence-electron chi connectivity index (χ1n) is 10.7. The molecule has 1 fully saturated rings. The quantitative estimate of drug-likeness (QED) is 0.446. The summed E-state index contributed by atoms with van der Waals surface area (Å²) < 4.78 is 11.5. The van der Waals surface area contributed by atoms with Gasteiger partial charge in [0.05, 0.1) is 0 Å². The standard InChI is InChI=1S/C25H25N3O3/c1-15-4-7-18(8-5-15)23-26-24(31-27-23)19-10-12-28(13-11-19)25(29)22-17(3)20-9-6-16(2)14-21(20)30-22/h4-9,14,19H,10-13H2,1-3H3. The van der Waals surface area contributed by atoms with Crippen LogP contribution >= 0.6 is 0 Å². The lowest BCUT2D eigenvalue weighted by molar-refractivity contribution is 0.0674. The van der Waals surface area contributed by atoms with E-state index in [-0.39, 0.29) is 11.8 Å². The molecule has 0 spiro atoms. The number of amides is 1. The first-order valence-corrected chi connectivity index (χ1v) is 10.7. The van der Waals surface area contributed by atoms with Gasteiger partial charge in [0.2, 0.25) is 11.7 Å². The first kappa shape index (κ1) is 19.5. The molecule has 1 saturated heterocycles. The zero-order valence-corrected chi connectivity index (χ0v) is 18.0. The molecule has 2 aromatic heterocycles. The van der Waals surface area contributed by atoms with E-state index < -0.39 is 0 Å². The van der Waals surface area contributed by atoms with Crippen LogP contribution in [0.1, 0.15) is 51.9 Å². The molecule has 1 aliphatic rings. The van der Waals surface area contributed by atoms with Crippen LogP contribution in [-0.2, 0) is 0 Å². The Balaban J connectivity index is 1.28. The average molecular weight is 415 g/mol. The van der Waals surface area contributed by atoms with Gasteiger partial charge in [0.15, 0.2) is 5.76 Å². The fraction of sp³-hybridized carbons (Fsp3) is 0.320. The fourth-order valence-corrected chi connectivity index (χ4v) is 4.23. The van der Waals surface area contributed by atoms with Gasteiger partial charge in [-0.05, 0) is 45.2 Å². The molecule has 6 nitrogen and oxygen atoms in total. The number of carbonyl (C=O) groups is 1. The Bertz CT molecular complexity index is 1250. The summed E-state index contributed by atoms with van der Waals surface area (Å²) in [6.45, 7) is 7.30. The van der Waals surface area contributed by atoms with Gasteiger partial charge >= 0.3 is 0 Å². The third-order valence-electron chi connectivity index (χ3n) is 6.17. The van der Waals surface area contributed by atoms with Crippen molar-refractivity contribution in [1.82, 2.24) is 15.0 Å². The number of carbonyl (C=O) groups excluding carboxylic acids is 1. The molecular formula is C25H25N3O3. The van der Waals surface area contributed by atoms with E-state index >= 15 is 0 Å². The van der Waals surface area contributed by atoms with Crippen LogP contribution in [0.5, 0.6) is 0 Å². The number of piperidine rings is 1. The first-order chi connectivity index (χ1) is 15.0. The van der Waals surface area contributed by atoms with Crippen molar-refractivity contribution < 1.29 is 13.7 Å². The lowest BCUT2D eigenvalue weighted by Gasteiger charge is -2.29. The van der Waals surface area contributed by atoms with Gasteiger partial charge in [-0.25, -0.2) is 0 Å². The molecule has 0 bridgehead atoms. The second kappa shape index (κ2) is 7.69. The van der Waals surface area contributed by atoms with Crippen LogP contribution in [0.3, 0.4) is 0 Å². The van der Waals surface area contributed by atoms with E-state index in [1.807, 2.05) is 68.1 Å². The largest absolute Gasteiger partial charge is 0.451 e. The third-order valence-corrected chi connectivity index (χ3v) is 6.17. The molecule has 5 rings (SSSR count). The van der Waals surface area contributed by atoms with E-state index in [4.69, 9.17) is 8.94 Å². The van der Waals surface area contributed by atoms with E-state index in [0.29, 0.717) is 30.6 Å². The lowest BCUT2D eigenvalue weighted by Crippen LogP contribution is -2.38. The van der Waals surface area contributed by atoms with Gasteiger partial charge in [-0.15, -0.1) is 0 Å². The summed E-state index contributed by atoms with van der Waals surface area (Å²) in [4.78, 5) is 19.6. The number of nitrogens with zero attached hydrogens (tertiary/aromatic N) is 3. The van der Waals surface area contributed by atoms with Crippen LogP contribution in [0.25, 0.3) is 22.4 Å². The number of hydrogen-bond donors (Lipinski definition) is 0. The van der Waals surface area contributed by atoms with Crippen molar-refractivity contribution in [3.8, 4) is 11.4 Å². The predicted molar refractivity (Wildman–Crippen MR) is 118 cm³/mol. The highest BCUT2D eigenvalue weighted by molar-refractivity contribution is 5.99. The van der Waals surface area contributed by atoms with Gasteiger partial charge in [0.25, 0.3) is 5.91 Å². The van der Waals surface area contributed by atoms with E-state index in [0.717, 1.165) is 40.5 Å². The number of benzene rings is 2. The predicted octanol–water partition coefficient (Wildman–Crippen LogP) is 5.43. The Morgan fingerprint density at radius 2 is 1.71 bits per heavy atom. The highest BCUT2D eigenvalue weighted by atomic mass is 16.5. The zero-order valence-electron chi connectivity index (χ0n) is 18.0. The Morgan fingerprint density at radius 3 is 2.45 bits per heavy atom. The minimum Gasteiger partial charge on any atom is -0.451 e. The second-order valence-corrected chi connectivity index (χ2v) is 8.44. The normalized spacial score (nSPS) is 15.0. The number of likely N-dealkylation sites (tertiary alicyclic amines) is 1. The molecule has 0 aliphatic carbocycles. The maximum absolute atomic E-state index is 13.1. The van der Waals surface area contributed by atoms with E-state index in [1.165, 1.54) is 5.56 Å². The van der Waals surface area contributed by atoms with Gasteiger partial charge < -0.3 is 13.8 Å². The van der Waals surface area contributed by atoms with E-state index in [2.05, 4.69) is 10.1 Å². The third kappa shape index (κ3) is 3.63. The molecule has 4 aromatic rings. The molecule has 3 heterocycles. The molecular weight excluding hydrogens is 390 g/mol. The van der Waals surface area contributed by atoms with Gasteiger partial charge in [0.1, 0.15) is 5.58 Å².